The van der Waals surface area contributed by atoms with Crippen molar-refractivity contribution in [3.05, 3.63) is 75.6 Å². The highest BCUT2D eigenvalue weighted by molar-refractivity contribution is 6.32. The van der Waals surface area contributed by atoms with Gasteiger partial charge in [-0.3, -0.25) is 9.48 Å². The molecular weight excluding hydrogens is 402 g/mol. The Hall–Kier alpha value is -2.99. The van der Waals surface area contributed by atoms with Crippen molar-refractivity contribution in [2.24, 2.45) is 0 Å². The maximum atomic E-state index is 12.7. The van der Waals surface area contributed by atoms with Gasteiger partial charge in [0.2, 0.25) is 0 Å². The van der Waals surface area contributed by atoms with Crippen molar-refractivity contribution in [3.8, 4) is 11.5 Å². The van der Waals surface area contributed by atoms with Crippen molar-refractivity contribution in [2.45, 2.75) is 33.9 Å². The van der Waals surface area contributed by atoms with Crippen molar-refractivity contribution in [2.75, 3.05) is 13.7 Å². The predicted octanol–water partition coefficient (Wildman–Crippen LogP) is 4.54. The number of ether oxygens (including phenoxy) is 2. The minimum absolute atomic E-state index is 0.243. The standard InChI is InChI=1S/C23H26ClN3O3/c1-5-30-22-20(24)11-18(12-21(22)29-4)23(28)25-13-19-15(2)26-27(16(19)3)14-17-9-7-6-8-10-17/h6-12H,5,13-14H2,1-4H3,(H,25,28). The molecule has 0 saturated carbocycles. The van der Waals surface area contributed by atoms with E-state index in [1.54, 1.807) is 12.1 Å². The Morgan fingerprint density at radius 1 is 1.20 bits per heavy atom. The van der Waals surface area contributed by atoms with Gasteiger partial charge in [0.15, 0.2) is 11.5 Å². The summed E-state index contributed by atoms with van der Waals surface area (Å²) in [5.41, 5.74) is 4.51. The normalized spacial score (nSPS) is 10.7. The molecule has 0 aliphatic rings. The summed E-state index contributed by atoms with van der Waals surface area (Å²) in [4.78, 5) is 12.7. The van der Waals surface area contributed by atoms with Gasteiger partial charge in [0.25, 0.3) is 5.91 Å². The van der Waals surface area contributed by atoms with Crippen LogP contribution in [0, 0.1) is 13.8 Å². The van der Waals surface area contributed by atoms with Gasteiger partial charge in [-0.1, -0.05) is 41.9 Å². The molecule has 30 heavy (non-hydrogen) atoms. The van der Waals surface area contributed by atoms with E-state index in [2.05, 4.69) is 22.5 Å². The topological polar surface area (TPSA) is 65.4 Å². The van der Waals surface area contributed by atoms with E-state index in [-0.39, 0.29) is 5.91 Å². The molecule has 0 atom stereocenters. The average Bonchev–Trinajstić information content (AvgIpc) is 3.00. The summed E-state index contributed by atoms with van der Waals surface area (Å²) in [6.45, 7) is 7.34. The monoisotopic (exact) mass is 427 g/mol. The molecule has 0 aliphatic carbocycles. The van der Waals surface area contributed by atoms with Crippen molar-refractivity contribution in [1.29, 1.82) is 0 Å². The number of halogens is 1. The number of carbonyl (C=O) groups is 1. The summed E-state index contributed by atoms with van der Waals surface area (Å²) in [7, 11) is 1.52. The number of aryl methyl sites for hydroxylation is 1. The van der Waals surface area contributed by atoms with Crippen LogP contribution in [0.1, 0.15) is 39.8 Å². The van der Waals surface area contributed by atoms with Gasteiger partial charge < -0.3 is 14.8 Å². The third-order valence-electron chi connectivity index (χ3n) is 4.91. The second-order valence-corrected chi connectivity index (χ2v) is 7.30. The highest BCUT2D eigenvalue weighted by Crippen LogP contribution is 2.36. The minimum Gasteiger partial charge on any atom is -0.493 e. The zero-order valence-electron chi connectivity index (χ0n) is 17.7. The molecule has 0 fully saturated rings. The molecule has 0 spiro atoms. The first-order valence-corrected chi connectivity index (χ1v) is 10.2. The Kier molecular flexibility index (Phi) is 7.00. The molecule has 7 heteroatoms. The summed E-state index contributed by atoms with van der Waals surface area (Å²) in [5, 5.41) is 7.93. The average molecular weight is 428 g/mol. The second-order valence-electron chi connectivity index (χ2n) is 6.90. The Morgan fingerprint density at radius 3 is 2.60 bits per heavy atom. The fourth-order valence-corrected chi connectivity index (χ4v) is 3.57. The van der Waals surface area contributed by atoms with E-state index in [0.29, 0.717) is 41.8 Å². The highest BCUT2D eigenvalue weighted by atomic mass is 35.5. The van der Waals surface area contributed by atoms with Crippen molar-refractivity contribution in [1.82, 2.24) is 15.1 Å². The Bertz CT molecular complexity index is 1030. The summed E-state index contributed by atoms with van der Waals surface area (Å²) in [6, 6.07) is 13.4. The maximum Gasteiger partial charge on any atom is 0.251 e. The van der Waals surface area contributed by atoms with Gasteiger partial charge in [-0.25, -0.2) is 0 Å². The fourth-order valence-electron chi connectivity index (χ4n) is 3.31. The third-order valence-corrected chi connectivity index (χ3v) is 5.19. The van der Waals surface area contributed by atoms with E-state index in [4.69, 9.17) is 21.1 Å². The number of amides is 1. The van der Waals surface area contributed by atoms with Crippen molar-refractivity contribution < 1.29 is 14.3 Å². The quantitative estimate of drug-likeness (QED) is 0.573. The van der Waals surface area contributed by atoms with Gasteiger partial charge in [-0.2, -0.15) is 5.10 Å². The van der Waals surface area contributed by atoms with Crippen molar-refractivity contribution >= 4 is 17.5 Å². The summed E-state index contributed by atoms with van der Waals surface area (Å²) in [5.74, 6) is 0.623. The number of rotatable bonds is 8. The third kappa shape index (κ3) is 4.76. The lowest BCUT2D eigenvalue weighted by Gasteiger charge is -2.13. The molecule has 0 aliphatic heterocycles. The minimum atomic E-state index is -0.243. The molecule has 0 bridgehead atoms. The first-order valence-electron chi connectivity index (χ1n) is 9.79. The zero-order chi connectivity index (χ0) is 21.7. The molecule has 6 nitrogen and oxygen atoms in total. The van der Waals surface area contributed by atoms with Crippen LogP contribution in [0.4, 0.5) is 0 Å². The summed E-state index contributed by atoms with van der Waals surface area (Å²) < 4.78 is 12.8. The SMILES string of the molecule is CCOc1c(Cl)cc(C(=O)NCc2c(C)nn(Cc3ccccc3)c2C)cc1OC. The Balaban J connectivity index is 1.74. The van der Waals surface area contributed by atoms with Crippen LogP contribution in [0.2, 0.25) is 5.02 Å². The smallest absolute Gasteiger partial charge is 0.251 e. The predicted molar refractivity (Wildman–Crippen MR) is 118 cm³/mol. The summed E-state index contributed by atoms with van der Waals surface area (Å²) in [6.07, 6.45) is 0. The Morgan fingerprint density at radius 2 is 1.93 bits per heavy atom. The van der Waals surface area contributed by atoms with E-state index in [9.17, 15) is 4.79 Å². The largest absolute Gasteiger partial charge is 0.493 e. The van der Waals surface area contributed by atoms with Crippen LogP contribution in [0.15, 0.2) is 42.5 Å². The van der Waals surface area contributed by atoms with Gasteiger partial charge in [0.05, 0.1) is 31.0 Å². The molecule has 0 radical (unpaired) electrons. The van der Waals surface area contributed by atoms with Crippen LogP contribution in [-0.4, -0.2) is 29.4 Å². The first-order chi connectivity index (χ1) is 14.4. The molecule has 1 aromatic heterocycles. The molecular formula is C23H26ClN3O3. The molecule has 3 aromatic rings. The van der Waals surface area contributed by atoms with Crippen LogP contribution < -0.4 is 14.8 Å². The maximum absolute atomic E-state index is 12.7. The van der Waals surface area contributed by atoms with Gasteiger partial charge in [-0.05, 0) is 38.5 Å². The van der Waals surface area contributed by atoms with Gasteiger partial charge in [0, 0.05) is 23.4 Å². The van der Waals surface area contributed by atoms with Crippen LogP contribution >= 0.6 is 11.6 Å². The number of hydrogen-bond donors (Lipinski definition) is 1. The van der Waals surface area contributed by atoms with E-state index in [0.717, 1.165) is 17.0 Å². The number of nitrogens with zero attached hydrogens (tertiary/aromatic N) is 2. The zero-order valence-corrected chi connectivity index (χ0v) is 18.4. The number of hydrogen-bond acceptors (Lipinski definition) is 4. The first kappa shape index (κ1) is 21.7. The highest BCUT2D eigenvalue weighted by Gasteiger charge is 2.17. The van der Waals surface area contributed by atoms with E-state index >= 15 is 0 Å². The van der Waals surface area contributed by atoms with E-state index in [1.807, 2.05) is 43.7 Å². The number of carbonyl (C=O) groups excluding carboxylic acids is 1. The molecule has 1 N–H and O–H groups in total. The number of methoxy groups -OCH3 is 1. The number of aromatic nitrogens is 2. The van der Waals surface area contributed by atoms with E-state index in [1.165, 1.54) is 12.7 Å². The lowest BCUT2D eigenvalue weighted by atomic mass is 10.1. The number of benzene rings is 2. The molecule has 3 rings (SSSR count). The Labute approximate surface area is 181 Å². The van der Waals surface area contributed by atoms with Gasteiger partial charge in [-0.15, -0.1) is 0 Å². The van der Waals surface area contributed by atoms with Gasteiger partial charge in [0.1, 0.15) is 0 Å². The second kappa shape index (κ2) is 9.67. The lowest BCUT2D eigenvalue weighted by Crippen LogP contribution is -2.23. The molecule has 1 amide bonds. The summed E-state index contributed by atoms with van der Waals surface area (Å²) >= 11 is 6.29. The fraction of sp³-hybridized carbons (Fsp3) is 0.304. The lowest BCUT2D eigenvalue weighted by molar-refractivity contribution is 0.0950. The van der Waals surface area contributed by atoms with Crippen LogP contribution in [0.3, 0.4) is 0 Å². The molecule has 2 aromatic carbocycles. The van der Waals surface area contributed by atoms with Crippen LogP contribution in [0.25, 0.3) is 0 Å². The van der Waals surface area contributed by atoms with Crippen LogP contribution in [-0.2, 0) is 13.1 Å². The van der Waals surface area contributed by atoms with Crippen molar-refractivity contribution in [3.63, 3.8) is 0 Å². The molecule has 158 valence electrons. The van der Waals surface area contributed by atoms with Gasteiger partial charge >= 0.3 is 0 Å². The molecule has 0 unspecified atom stereocenters. The van der Waals surface area contributed by atoms with E-state index < -0.39 is 0 Å². The number of nitrogens with one attached hydrogen (secondary N) is 1. The van der Waals surface area contributed by atoms with Crippen LogP contribution in [0.5, 0.6) is 11.5 Å². The molecule has 0 saturated heterocycles. The molecule has 1 heterocycles.